The molecule has 0 aliphatic carbocycles. The van der Waals surface area contributed by atoms with Crippen LogP contribution in [0.1, 0.15) is 12.5 Å². The second kappa shape index (κ2) is 8.17. The van der Waals surface area contributed by atoms with Crippen LogP contribution in [0.5, 0.6) is 5.75 Å². The largest absolute Gasteiger partial charge is 0.496 e. The van der Waals surface area contributed by atoms with E-state index in [0.29, 0.717) is 22.1 Å². The lowest BCUT2D eigenvalue weighted by Gasteiger charge is -2.08. The van der Waals surface area contributed by atoms with E-state index in [1.165, 1.54) is 13.0 Å². The number of nitrogens with one attached hydrogen (secondary N) is 2. The van der Waals surface area contributed by atoms with Crippen LogP contribution in [-0.2, 0) is 9.59 Å². The van der Waals surface area contributed by atoms with E-state index in [0.717, 1.165) is 5.56 Å². The van der Waals surface area contributed by atoms with Crippen molar-refractivity contribution in [1.82, 2.24) is 0 Å². The van der Waals surface area contributed by atoms with Crippen LogP contribution in [0.2, 0.25) is 5.02 Å². The van der Waals surface area contributed by atoms with Gasteiger partial charge in [0, 0.05) is 24.3 Å². The second-order valence-electron chi connectivity index (χ2n) is 4.94. The zero-order valence-corrected chi connectivity index (χ0v) is 14.1. The molecule has 0 fully saturated rings. The summed E-state index contributed by atoms with van der Waals surface area (Å²) in [5.74, 6) is 0.164. The van der Waals surface area contributed by atoms with Crippen molar-refractivity contribution in [2.24, 2.45) is 0 Å². The summed E-state index contributed by atoms with van der Waals surface area (Å²) in [4.78, 5) is 23.0. The number of ether oxygens (including phenoxy) is 1. The summed E-state index contributed by atoms with van der Waals surface area (Å²) >= 11 is 6.11. The minimum atomic E-state index is -0.324. The molecule has 0 aliphatic rings. The summed E-state index contributed by atoms with van der Waals surface area (Å²) in [5, 5.41) is 5.64. The highest BCUT2D eigenvalue weighted by Crippen LogP contribution is 2.25. The van der Waals surface area contributed by atoms with Gasteiger partial charge < -0.3 is 15.4 Å². The Balaban J connectivity index is 2.07. The van der Waals surface area contributed by atoms with Crippen LogP contribution >= 0.6 is 11.6 Å². The van der Waals surface area contributed by atoms with Crippen molar-refractivity contribution in [1.29, 1.82) is 0 Å². The van der Waals surface area contributed by atoms with Crippen molar-refractivity contribution in [3.05, 3.63) is 59.1 Å². The lowest BCUT2D eigenvalue weighted by atomic mass is 10.2. The smallest absolute Gasteiger partial charge is 0.248 e. The Morgan fingerprint density at radius 1 is 1.12 bits per heavy atom. The van der Waals surface area contributed by atoms with E-state index >= 15 is 0 Å². The predicted molar refractivity (Wildman–Crippen MR) is 96.4 cm³/mol. The van der Waals surface area contributed by atoms with Crippen molar-refractivity contribution in [2.45, 2.75) is 6.92 Å². The molecular weight excluding hydrogens is 328 g/mol. The van der Waals surface area contributed by atoms with Crippen LogP contribution in [-0.4, -0.2) is 18.9 Å². The normalized spacial score (nSPS) is 10.5. The van der Waals surface area contributed by atoms with Gasteiger partial charge in [0.2, 0.25) is 11.8 Å². The van der Waals surface area contributed by atoms with Gasteiger partial charge in [-0.1, -0.05) is 29.8 Å². The fourth-order valence-corrected chi connectivity index (χ4v) is 2.27. The third-order valence-electron chi connectivity index (χ3n) is 3.10. The molecule has 2 rings (SSSR count). The number of hydrogen-bond donors (Lipinski definition) is 2. The molecule has 2 aromatic carbocycles. The maximum absolute atomic E-state index is 12.0. The Labute approximate surface area is 145 Å². The van der Waals surface area contributed by atoms with E-state index in [-0.39, 0.29) is 11.8 Å². The van der Waals surface area contributed by atoms with Gasteiger partial charge in [-0.2, -0.15) is 0 Å². The molecule has 0 unspecified atom stereocenters. The van der Waals surface area contributed by atoms with Crippen molar-refractivity contribution < 1.29 is 14.3 Å². The van der Waals surface area contributed by atoms with Crippen LogP contribution in [0.25, 0.3) is 6.08 Å². The highest BCUT2D eigenvalue weighted by atomic mass is 35.5. The van der Waals surface area contributed by atoms with E-state index < -0.39 is 0 Å². The summed E-state index contributed by atoms with van der Waals surface area (Å²) < 4.78 is 5.22. The van der Waals surface area contributed by atoms with Gasteiger partial charge in [-0.3, -0.25) is 9.59 Å². The van der Waals surface area contributed by atoms with E-state index in [9.17, 15) is 9.59 Å². The molecule has 0 heterocycles. The minimum absolute atomic E-state index is 0.192. The van der Waals surface area contributed by atoms with Crippen molar-refractivity contribution >= 4 is 40.9 Å². The fraction of sp³-hybridized carbons (Fsp3) is 0.111. The third kappa shape index (κ3) is 4.86. The van der Waals surface area contributed by atoms with Gasteiger partial charge >= 0.3 is 0 Å². The van der Waals surface area contributed by atoms with Gasteiger partial charge in [0.15, 0.2) is 0 Å². The highest BCUT2D eigenvalue weighted by molar-refractivity contribution is 6.34. The molecule has 0 saturated heterocycles. The van der Waals surface area contributed by atoms with Gasteiger partial charge in [0.05, 0.1) is 17.8 Å². The number of anilines is 2. The molecule has 124 valence electrons. The topological polar surface area (TPSA) is 67.4 Å². The van der Waals surface area contributed by atoms with Gasteiger partial charge in [0.25, 0.3) is 0 Å². The highest BCUT2D eigenvalue weighted by Gasteiger charge is 2.06. The first-order valence-electron chi connectivity index (χ1n) is 7.19. The number of methoxy groups -OCH3 is 1. The van der Waals surface area contributed by atoms with Crippen molar-refractivity contribution in [3.8, 4) is 5.75 Å². The molecular formula is C18H17ClN2O3. The summed E-state index contributed by atoms with van der Waals surface area (Å²) in [6.45, 7) is 1.41. The number of halogens is 1. The van der Waals surface area contributed by atoms with Gasteiger partial charge in [-0.05, 0) is 30.3 Å². The molecule has 2 N–H and O–H groups in total. The first-order valence-corrected chi connectivity index (χ1v) is 7.56. The Morgan fingerprint density at radius 3 is 2.54 bits per heavy atom. The minimum Gasteiger partial charge on any atom is -0.496 e. The SMILES string of the molecule is COc1ccccc1/C=C\C(=O)Nc1ccc(NC(C)=O)cc1Cl. The molecule has 5 nitrogen and oxygen atoms in total. The molecule has 6 heteroatoms. The molecule has 0 aliphatic heterocycles. The number of amides is 2. The summed E-state index contributed by atoms with van der Waals surface area (Å²) in [5.41, 5.74) is 1.82. The number of hydrogen-bond acceptors (Lipinski definition) is 3. The number of benzene rings is 2. The van der Waals surface area contributed by atoms with Crippen LogP contribution < -0.4 is 15.4 Å². The molecule has 0 spiro atoms. The zero-order valence-electron chi connectivity index (χ0n) is 13.3. The van der Waals surface area contributed by atoms with Crippen LogP contribution in [0.3, 0.4) is 0 Å². The lowest BCUT2D eigenvalue weighted by molar-refractivity contribution is -0.114. The summed E-state index contributed by atoms with van der Waals surface area (Å²) in [6, 6.07) is 12.2. The number of rotatable bonds is 5. The Morgan fingerprint density at radius 2 is 1.88 bits per heavy atom. The molecule has 0 atom stereocenters. The molecule has 2 amide bonds. The van der Waals surface area contributed by atoms with E-state index in [2.05, 4.69) is 10.6 Å². The van der Waals surface area contributed by atoms with E-state index in [4.69, 9.17) is 16.3 Å². The Kier molecular flexibility index (Phi) is 5.98. The van der Waals surface area contributed by atoms with Gasteiger partial charge in [0.1, 0.15) is 5.75 Å². The standard InChI is InChI=1S/C18H17ClN2O3/c1-12(22)20-14-8-9-16(15(19)11-14)21-18(23)10-7-13-5-3-4-6-17(13)24-2/h3-11H,1-2H3,(H,20,22)(H,21,23)/b10-7-. The van der Waals surface area contributed by atoms with E-state index in [1.807, 2.05) is 24.3 Å². The van der Waals surface area contributed by atoms with Gasteiger partial charge in [-0.25, -0.2) is 0 Å². The second-order valence-corrected chi connectivity index (χ2v) is 5.35. The summed E-state index contributed by atoms with van der Waals surface area (Å²) in [7, 11) is 1.57. The number of carbonyl (C=O) groups is 2. The average molecular weight is 345 g/mol. The molecule has 2 aromatic rings. The molecule has 0 saturated carbocycles. The van der Waals surface area contributed by atoms with Gasteiger partial charge in [-0.15, -0.1) is 0 Å². The Bertz CT molecular complexity index is 788. The van der Waals surface area contributed by atoms with Crippen molar-refractivity contribution in [2.75, 3.05) is 17.7 Å². The monoisotopic (exact) mass is 344 g/mol. The number of para-hydroxylation sites is 1. The predicted octanol–water partition coefficient (Wildman–Crippen LogP) is 3.96. The van der Waals surface area contributed by atoms with Crippen LogP contribution in [0, 0.1) is 0 Å². The van der Waals surface area contributed by atoms with E-state index in [1.54, 1.807) is 31.4 Å². The molecule has 0 radical (unpaired) electrons. The molecule has 24 heavy (non-hydrogen) atoms. The van der Waals surface area contributed by atoms with Crippen LogP contribution in [0.4, 0.5) is 11.4 Å². The zero-order chi connectivity index (χ0) is 17.5. The first kappa shape index (κ1) is 17.6. The quantitative estimate of drug-likeness (QED) is 0.807. The van der Waals surface area contributed by atoms with Crippen LogP contribution in [0.15, 0.2) is 48.5 Å². The number of carbonyl (C=O) groups excluding carboxylic acids is 2. The third-order valence-corrected chi connectivity index (χ3v) is 3.41. The maximum atomic E-state index is 12.0. The summed E-state index contributed by atoms with van der Waals surface area (Å²) in [6.07, 6.45) is 3.06. The lowest BCUT2D eigenvalue weighted by Crippen LogP contribution is -2.09. The first-order chi connectivity index (χ1) is 11.5. The fourth-order valence-electron chi connectivity index (χ4n) is 2.04. The Hall–Kier alpha value is -2.79. The maximum Gasteiger partial charge on any atom is 0.248 e. The van der Waals surface area contributed by atoms with Crippen molar-refractivity contribution in [3.63, 3.8) is 0 Å². The molecule has 0 bridgehead atoms. The molecule has 0 aromatic heterocycles. The average Bonchev–Trinajstić information content (AvgIpc) is 2.55.